The fourth-order valence-corrected chi connectivity index (χ4v) is 3.53. The van der Waals surface area contributed by atoms with Crippen LogP contribution in [-0.4, -0.2) is 25.0 Å². The Kier molecular flexibility index (Phi) is 6.69. The van der Waals surface area contributed by atoms with E-state index in [4.69, 9.17) is 0 Å². The number of hydrogen-bond acceptors (Lipinski definition) is 2. The molecule has 2 aromatic rings. The van der Waals surface area contributed by atoms with Crippen LogP contribution in [0, 0.1) is 5.92 Å². The van der Waals surface area contributed by atoms with Crippen molar-refractivity contribution >= 4 is 23.3 Å². The first-order valence-corrected chi connectivity index (χ1v) is 10.1. The first-order chi connectivity index (χ1) is 13.5. The van der Waals surface area contributed by atoms with Gasteiger partial charge in [-0.1, -0.05) is 44.2 Å². The highest BCUT2D eigenvalue weighted by Gasteiger charge is 2.24. The molecule has 3 amide bonds. The second-order valence-corrected chi connectivity index (χ2v) is 7.56. The van der Waals surface area contributed by atoms with Gasteiger partial charge in [0.25, 0.3) is 0 Å². The third-order valence-electron chi connectivity index (χ3n) is 4.99. The monoisotopic (exact) mass is 379 g/mol. The van der Waals surface area contributed by atoms with Gasteiger partial charge >= 0.3 is 6.03 Å². The van der Waals surface area contributed by atoms with E-state index in [2.05, 4.69) is 22.8 Å². The molecule has 2 aromatic carbocycles. The third-order valence-corrected chi connectivity index (χ3v) is 4.99. The van der Waals surface area contributed by atoms with Crippen LogP contribution in [-0.2, 0) is 17.6 Å². The van der Waals surface area contributed by atoms with Crippen molar-refractivity contribution < 1.29 is 9.59 Å². The summed E-state index contributed by atoms with van der Waals surface area (Å²) >= 11 is 0. The lowest BCUT2D eigenvalue weighted by Crippen LogP contribution is -2.38. The van der Waals surface area contributed by atoms with Crippen LogP contribution in [0.4, 0.5) is 16.2 Å². The molecular weight excluding hydrogens is 350 g/mol. The summed E-state index contributed by atoms with van der Waals surface area (Å²) in [6.45, 7) is 5.24. The Morgan fingerprint density at radius 3 is 2.64 bits per heavy atom. The molecule has 0 radical (unpaired) electrons. The number of benzene rings is 2. The number of amides is 3. The molecule has 28 heavy (non-hydrogen) atoms. The van der Waals surface area contributed by atoms with Crippen molar-refractivity contribution in [2.75, 3.05) is 23.3 Å². The topological polar surface area (TPSA) is 61.4 Å². The summed E-state index contributed by atoms with van der Waals surface area (Å²) in [5, 5.41) is 5.81. The van der Waals surface area contributed by atoms with Gasteiger partial charge in [-0.05, 0) is 55.0 Å². The molecule has 0 atom stereocenters. The van der Waals surface area contributed by atoms with Gasteiger partial charge in [0, 0.05) is 30.4 Å². The molecule has 0 aliphatic carbocycles. The van der Waals surface area contributed by atoms with E-state index in [1.54, 1.807) is 0 Å². The fourth-order valence-electron chi connectivity index (χ4n) is 3.53. The smallest absolute Gasteiger partial charge is 0.319 e. The molecule has 0 unspecified atom stereocenters. The molecular formula is C23H29N3O2. The summed E-state index contributed by atoms with van der Waals surface area (Å²) in [5.74, 6) is 0.128. The highest BCUT2D eigenvalue weighted by atomic mass is 16.2. The largest absolute Gasteiger partial charge is 0.338 e. The quantitative estimate of drug-likeness (QED) is 0.732. The van der Waals surface area contributed by atoms with Gasteiger partial charge in [0.15, 0.2) is 0 Å². The van der Waals surface area contributed by atoms with Crippen LogP contribution >= 0.6 is 0 Å². The van der Waals surface area contributed by atoms with Crippen LogP contribution in [0.5, 0.6) is 0 Å². The Morgan fingerprint density at radius 2 is 1.89 bits per heavy atom. The average molecular weight is 380 g/mol. The number of fused-ring (bicyclic) bond motifs is 1. The van der Waals surface area contributed by atoms with Crippen LogP contribution in [0.3, 0.4) is 0 Å². The van der Waals surface area contributed by atoms with Crippen LogP contribution in [0.2, 0.25) is 0 Å². The zero-order valence-electron chi connectivity index (χ0n) is 16.7. The molecule has 1 heterocycles. The number of aryl methyl sites for hydroxylation is 2. The molecule has 0 fully saturated rings. The number of hydrogen-bond donors (Lipinski definition) is 2. The van der Waals surface area contributed by atoms with Gasteiger partial charge in [0.1, 0.15) is 0 Å². The Hall–Kier alpha value is -2.82. The minimum Gasteiger partial charge on any atom is -0.338 e. The second-order valence-electron chi connectivity index (χ2n) is 7.56. The molecule has 2 N–H and O–H groups in total. The normalized spacial score (nSPS) is 13.2. The minimum absolute atomic E-state index is 0.0228. The summed E-state index contributed by atoms with van der Waals surface area (Å²) in [6.07, 6.45) is 3.71. The van der Waals surface area contributed by atoms with Crippen LogP contribution in [0.15, 0.2) is 48.5 Å². The highest BCUT2D eigenvalue weighted by Crippen LogP contribution is 2.30. The standard InChI is InChI=1S/C23H29N3O2/c1-17(2)22(27)26-15-7-11-19-16-20(12-13-21(19)26)25-23(28)24-14-6-10-18-8-4-3-5-9-18/h3-5,8-9,12-13,16-17H,6-7,10-11,14-15H2,1-2H3,(H2,24,25,28). The van der Waals surface area contributed by atoms with Crippen molar-refractivity contribution in [1.82, 2.24) is 5.32 Å². The maximum absolute atomic E-state index is 12.4. The molecule has 0 saturated carbocycles. The zero-order valence-corrected chi connectivity index (χ0v) is 16.7. The lowest BCUT2D eigenvalue weighted by atomic mass is 9.99. The number of urea groups is 1. The Morgan fingerprint density at radius 1 is 1.11 bits per heavy atom. The molecule has 0 bridgehead atoms. The molecule has 0 aromatic heterocycles. The lowest BCUT2D eigenvalue weighted by Gasteiger charge is -2.31. The van der Waals surface area contributed by atoms with E-state index in [-0.39, 0.29) is 17.9 Å². The van der Waals surface area contributed by atoms with Crippen molar-refractivity contribution in [1.29, 1.82) is 0 Å². The van der Waals surface area contributed by atoms with Crippen LogP contribution in [0.25, 0.3) is 0 Å². The van der Waals surface area contributed by atoms with E-state index < -0.39 is 0 Å². The maximum Gasteiger partial charge on any atom is 0.319 e. The number of anilines is 2. The minimum atomic E-state index is -0.195. The Balaban J connectivity index is 1.52. The molecule has 0 spiro atoms. The summed E-state index contributed by atoms with van der Waals surface area (Å²) in [4.78, 5) is 26.5. The molecule has 0 saturated heterocycles. The molecule has 1 aliphatic heterocycles. The Bertz CT molecular complexity index is 818. The van der Waals surface area contributed by atoms with Gasteiger partial charge < -0.3 is 15.5 Å². The van der Waals surface area contributed by atoms with Gasteiger partial charge in [-0.25, -0.2) is 4.79 Å². The predicted molar refractivity (Wildman–Crippen MR) is 114 cm³/mol. The second kappa shape index (κ2) is 9.40. The first kappa shape index (κ1) is 19.9. The Labute approximate surface area is 167 Å². The van der Waals surface area contributed by atoms with Gasteiger partial charge in [-0.15, -0.1) is 0 Å². The molecule has 3 rings (SSSR count). The maximum atomic E-state index is 12.4. The summed E-state index contributed by atoms with van der Waals surface area (Å²) in [5.41, 5.74) is 4.12. The van der Waals surface area contributed by atoms with Gasteiger partial charge in [0.2, 0.25) is 5.91 Å². The highest BCUT2D eigenvalue weighted by molar-refractivity contribution is 5.96. The van der Waals surface area contributed by atoms with Crippen LogP contribution in [0.1, 0.15) is 37.8 Å². The van der Waals surface area contributed by atoms with Crippen molar-refractivity contribution in [2.45, 2.75) is 39.5 Å². The zero-order chi connectivity index (χ0) is 19.9. The summed E-state index contributed by atoms with van der Waals surface area (Å²) in [7, 11) is 0. The number of nitrogens with one attached hydrogen (secondary N) is 2. The van der Waals surface area contributed by atoms with Gasteiger partial charge in [-0.2, -0.15) is 0 Å². The molecule has 5 nitrogen and oxygen atoms in total. The SMILES string of the molecule is CC(C)C(=O)N1CCCc2cc(NC(=O)NCCCc3ccccc3)ccc21. The lowest BCUT2D eigenvalue weighted by molar-refractivity contribution is -0.121. The van der Waals surface area contributed by atoms with Crippen molar-refractivity contribution in [3.63, 3.8) is 0 Å². The average Bonchev–Trinajstić information content (AvgIpc) is 2.70. The molecule has 5 heteroatoms. The van der Waals surface area contributed by atoms with Crippen molar-refractivity contribution in [3.8, 4) is 0 Å². The molecule has 1 aliphatic rings. The van der Waals surface area contributed by atoms with E-state index in [0.717, 1.165) is 49.2 Å². The van der Waals surface area contributed by atoms with E-state index in [1.165, 1.54) is 5.56 Å². The summed E-state index contributed by atoms with van der Waals surface area (Å²) in [6, 6.07) is 15.9. The van der Waals surface area contributed by atoms with Crippen molar-refractivity contribution in [3.05, 3.63) is 59.7 Å². The van der Waals surface area contributed by atoms with Gasteiger partial charge in [-0.3, -0.25) is 4.79 Å². The fraction of sp³-hybridized carbons (Fsp3) is 0.391. The van der Waals surface area contributed by atoms with E-state index >= 15 is 0 Å². The van der Waals surface area contributed by atoms with E-state index in [0.29, 0.717) is 6.54 Å². The van der Waals surface area contributed by atoms with E-state index in [9.17, 15) is 9.59 Å². The predicted octanol–water partition coefficient (Wildman–Crippen LogP) is 4.38. The molecule has 148 valence electrons. The number of carbonyl (C=O) groups is 2. The van der Waals surface area contributed by atoms with Crippen molar-refractivity contribution in [2.24, 2.45) is 5.92 Å². The first-order valence-electron chi connectivity index (χ1n) is 10.1. The van der Waals surface area contributed by atoms with Gasteiger partial charge in [0.05, 0.1) is 0 Å². The van der Waals surface area contributed by atoms with E-state index in [1.807, 2.05) is 55.1 Å². The number of nitrogens with zero attached hydrogens (tertiary/aromatic N) is 1. The van der Waals surface area contributed by atoms with Crippen LogP contribution < -0.4 is 15.5 Å². The number of carbonyl (C=O) groups excluding carboxylic acids is 2. The third kappa shape index (κ3) is 5.12. The summed E-state index contributed by atoms with van der Waals surface area (Å²) < 4.78 is 0. The number of rotatable bonds is 6.